The summed E-state index contributed by atoms with van der Waals surface area (Å²) in [7, 11) is 0. The number of imidazole rings is 1. The monoisotopic (exact) mass is 338 g/mol. The van der Waals surface area contributed by atoms with E-state index in [1.807, 2.05) is 46.3 Å². The number of carbonyl (C=O) groups is 2. The molecule has 6 nitrogen and oxygen atoms in total. The lowest BCUT2D eigenvalue weighted by atomic mass is 10.1. The number of rotatable bonds is 3. The molecule has 2 aromatic rings. The Morgan fingerprint density at radius 2 is 2.04 bits per heavy atom. The van der Waals surface area contributed by atoms with E-state index in [-0.39, 0.29) is 17.7 Å². The Morgan fingerprint density at radius 1 is 1.20 bits per heavy atom. The highest BCUT2D eigenvalue weighted by Crippen LogP contribution is 2.21. The SMILES string of the molecule is O=C1CCCN1C[C@H]1CN(C(=O)c2ccccc2)Cc2nccn2C1. The van der Waals surface area contributed by atoms with Crippen LogP contribution in [0.1, 0.15) is 29.0 Å². The topological polar surface area (TPSA) is 58.4 Å². The van der Waals surface area contributed by atoms with Crippen molar-refractivity contribution in [3.8, 4) is 0 Å². The fraction of sp³-hybridized carbons (Fsp3) is 0.421. The van der Waals surface area contributed by atoms with Crippen LogP contribution in [0.4, 0.5) is 0 Å². The second kappa shape index (κ2) is 6.70. The lowest BCUT2D eigenvalue weighted by molar-refractivity contribution is -0.128. The molecule has 0 unspecified atom stereocenters. The first kappa shape index (κ1) is 15.9. The third kappa shape index (κ3) is 3.29. The van der Waals surface area contributed by atoms with Crippen LogP contribution in [-0.4, -0.2) is 50.8 Å². The van der Waals surface area contributed by atoms with Gasteiger partial charge in [0, 0.05) is 56.5 Å². The van der Waals surface area contributed by atoms with Crippen molar-refractivity contribution in [2.45, 2.75) is 25.9 Å². The zero-order valence-electron chi connectivity index (χ0n) is 14.2. The number of amides is 2. The normalized spacial score (nSPS) is 20.5. The fourth-order valence-electron chi connectivity index (χ4n) is 3.78. The Labute approximate surface area is 147 Å². The maximum absolute atomic E-state index is 12.9. The number of hydrogen-bond donors (Lipinski definition) is 0. The lowest BCUT2D eigenvalue weighted by Crippen LogP contribution is -2.39. The molecular weight excluding hydrogens is 316 g/mol. The maximum atomic E-state index is 12.9. The predicted molar refractivity (Wildman–Crippen MR) is 92.7 cm³/mol. The predicted octanol–water partition coefficient (Wildman–Crippen LogP) is 1.78. The summed E-state index contributed by atoms with van der Waals surface area (Å²) >= 11 is 0. The molecule has 2 amide bonds. The molecule has 0 N–H and O–H groups in total. The molecular formula is C19H22N4O2. The number of aromatic nitrogens is 2. The van der Waals surface area contributed by atoms with Crippen molar-refractivity contribution >= 4 is 11.8 Å². The molecule has 1 fully saturated rings. The minimum absolute atomic E-state index is 0.0230. The van der Waals surface area contributed by atoms with Crippen LogP contribution in [-0.2, 0) is 17.9 Å². The molecule has 0 bridgehead atoms. The summed E-state index contributed by atoms with van der Waals surface area (Å²) in [5, 5.41) is 0. The fourth-order valence-corrected chi connectivity index (χ4v) is 3.78. The molecule has 4 rings (SSSR count). The van der Waals surface area contributed by atoms with Crippen molar-refractivity contribution < 1.29 is 9.59 Å². The highest BCUT2D eigenvalue weighted by atomic mass is 16.2. The molecule has 0 saturated carbocycles. The molecule has 2 aliphatic rings. The van der Waals surface area contributed by atoms with Crippen molar-refractivity contribution in [2.24, 2.45) is 5.92 Å². The Bertz CT molecular complexity index is 771. The first-order valence-corrected chi connectivity index (χ1v) is 8.83. The van der Waals surface area contributed by atoms with Gasteiger partial charge in [-0.05, 0) is 18.6 Å². The molecule has 0 spiro atoms. The van der Waals surface area contributed by atoms with Gasteiger partial charge in [-0.1, -0.05) is 18.2 Å². The third-order valence-corrected chi connectivity index (χ3v) is 5.03. The van der Waals surface area contributed by atoms with Gasteiger partial charge in [0.25, 0.3) is 5.91 Å². The summed E-state index contributed by atoms with van der Waals surface area (Å²) in [5.41, 5.74) is 0.693. The van der Waals surface area contributed by atoms with E-state index in [0.29, 0.717) is 31.6 Å². The molecule has 130 valence electrons. The Kier molecular flexibility index (Phi) is 4.26. The number of benzene rings is 1. The van der Waals surface area contributed by atoms with Gasteiger partial charge >= 0.3 is 0 Å². The smallest absolute Gasteiger partial charge is 0.254 e. The minimum atomic E-state index is 0.0230. The Balaban J connectivity index is 1.57. The maximum Gasteiger partial charge on any atom is 0.254 e. The third-order valence-electron chi connectivity index (χ3n) is 5.03. The van der Waals surface area contributed by atoms with Crippen LogP contribution in [0.2, 0.25) is 0 Å². The van der Waals surface area contributed by atoms with E-state index in [1.165, 1.54) is 0 Å². The summed E-state index contributed by atoms with van der Waals surface area (Å²) in [6.07, 6.45) is 5.33. The van der Waals surface area contributed by atoms with Crippen molar-refractivity contribution in [3.05, 3.63) is 54.1 Å². The highest BCUT2D eigenvalue weighted by molar-refractivity contribution is 5.94. The summed E-state index contributed by atoms with van der Waals surface area (Å²) in [6.45, 7) is 3.47. The second-order valence-corrected chi connectivity index (χ2v) is 6.86. The molecule has 6 heteroatoms. The number of nitrogens with zero attached hydrogens (tertiary/aromatic N) is 4. The van der Waals surface area contributed by atoms with Crippen LogP contribution in [0.3, 0.4) is 0 Å². The first-order valence-electron chi connectivity index (χ1n) is 8.83. The van der Waals surface area contributed by atoms with E-state index in [1.54, 1.807) is 6.20 Å². The van der Waals surface area contributed by atoms with Gasteiger partial charge in [0.05, 0.1) is 6.54 Å². The van der Waals surface area contributed by atoms with E-state index in [2.05, 4.69) is 9.55 Å². The summed E-state index contributed by atoms with van der Waals surface area (Å²) in [4.78, 5) is 33.2. The summed E-state index contributed by atoms with van der Waals surface area (Å²) in [6, 6.07) is 9.36. The van der Waals surface area contributed by atoms with Crippen LogP contribution < -0.4 is 0 Å². The summed E-state index contributed by atoms with van der Waals surface area (Å²) < 4.78 is 2.11. The zero-order valence-corrected chi connectivity index (χ0v) is 14.2. The standard InChI is InChI=1S/C19H22N4O2/c24-18-7-4-9-22(18)12-15-11-21-10-8-20-17(21)14-23(13-15)19(25)16-5-2-1-3-6-16/h1-3,5-6,8,10,15H,4,7,9,11-14H2/t15-/m0/s1. The summed E-state index contributed by atoms with van der Waals surface area (Å²) in [5.74, 6) is 1.37. The molecule has 1 aromatic heterocycles. The van der Waals surface area contributed by atoms with Gasteiger partial charge in [-0.3, -0.25) is 9.59 Å². The van der Waals surface area contributed by atoms with Crippen LogP contribution in [0.5, 0.6) is 0 Å². The van der Waals surface area contributed by atoms with Crippen LogP contribution >= 0.6 is 0 Å². The van der Waals surface area contributed by atoms with Crippen LogP contribution in [0.25, 0.3) is 0 Å². The number of hydrogen-bond acceptors (Lipinski definition) is 3. The van der Waals surface area contributed by atoms with E-state index in [9.17, 15) is 9.59 Å². The average molecular weight is 338 g/mol. The molecule has 2 aliphatic heterocycles. The van der Waals surface area contributed by atoms with Gasteiger partial charge < -0.3 is 14.4 Å². The second-order valence-electron chi connectivity index (χ2n) is 6.86. The molecule has 0 radical (unpaired) electrons. The van der Waals surface area contributed by atoms with E-state index in [0.717, 1.165) is 25.3 Å². The van der Waals surface area contributed by atoms with Crippen LogP contribution in [0.15, 0.2) is 42.7 Å². The van der Waals surface area contributed by atoms with Gasteiger partial charge in [0.1, 0.15) is 5.82 Å². The van der Waals surface area contributed by atoms with Crippen LogP contribution in [0, 0.1) is 5.92 Å². The molecule has 1 aromatic carbocycles. The van der Waals surface area contributed by atoms with Gasteiger partial charge in [0.15, 0.2) is 0 Å². The molecule has 25 heavy (non-hydrogen) atoms. The van der Waals surface area contributed by atoms with Gasteiger partial charge in [-0.15, -0.1) is 0 Å². The first-order chi connectivity index (χ1) is 12.2. The van der Waals surface area contributed by atoms with Gasteiger partial charge in [0.2, 0.25) is 5.91 Å². The van der Waals surface area contributed by atoms with E-state index in [4.69, 9.17) is 0 Å². The lowest BCUT2D eigenvalue weighted by Gasteiger charge is -2.27. The Hall–Kier alpha value is -2.63. The quantitative estimate of drug-likeness (QED) is 0.857. The van der Waals surface area contributed by atoms with Gasteiger partial charge in [-0.25, -0.2) is 4.98 Å². The van der Waals surface area contributed by atoms with E-state index >= 15 is 0 Å². The number of fused-ring (bicyclic) bond motifs is 1. The average Bonchev–Trinajstić information content (AvgIpc) is 3.19. The molecule has 1 saturated heterocycles. The highest BCUT2D eigenvalue weighted by Gasteiger charge is 2.30. The zero-order chi connectivity index (χ0) is 17.2. The molecule has 1 atom stereocenters. The minimum Gasteiger partial charge on any atom is -0.342 e. The van der Waals surface area contributed by atoms with Crippen molar-refractivity contribution in [1.29, 1.82) is 0 Å². The van der Waals surface area contributed by atoms with Gasteiger partial charge in [-0.2, -0.15) is 0 Å². The van der Waals surface area contributed by atoms with Crippen molar-refractivity contribution in [3.63, 3.8) is 0 Å². The van der Waals surface area contributed by atoms with Crippen molar-refractivity contribution in [1.82, 2.24) is 19.4 Å². The number of likely N-dealkylation sites (tertiary alicyclic amines) is 1. The van der Waals surface area contributed by atoms with Crippen molar-refractivity contribution in [2.75, 3.05) is 19.6 Å². The number of carbonyl (C=O) groups excluding carboxylic acids is 2. The molecule has 0 aliphatic carbocycles. The van der Waals surface area contributed by atoms with E-state index < -0.39 is 0 Å². The Morgan fingerprint density at radius 3 is 2.80 bits per heavy atom. The molecule has 3 heterocycles. The largest absolute Gasteiger partial charge is 0.342 e.